The number of hydrogen-bond donors (Lipinski definition) is 2. The van der Waals surface area contributed by atoms with Crippen molar-refractivity contribution in [3.05, 3.63) is 29.8 Å². The third-order valence-electron chi connectivity index (χ3n) is 5.66. The Hall–Kier alpha value is -2.36. The van der Waals surface area contributed by atoms with Crippen LogP contribution in [0.25, 0.3) is 0 Å². The highest BCUT2D eigenvalue weighted by atomic mass is 16.6. The van der Waals surface area contributed by atoms with Gasteiger partial charge in [-0.05, 0) is 43.6 Å². The average molecular weight is 436 g/mol. The summed E-state index contributed by atoms with van der Waals surface area (Å²) in [6.07, 6.45) is 0.669. The third-order valence-corrected chi connectivity index (χ3v) is 5.66. The van der Waals surface area contributed by atoms with E-state index in [0.29, 0.717) is 45.1 Å². The highest BCUT2D eigenvalue weighted by molar-refractivity contribution is 5.72. The maximum Gasteiger partial charge on any atom is 0.409 e. The smallest absolute Gasteiger partial charge is 0.409 e. The molecule has 172 valence electrons. The molecule has 1 aromatic carbocycles. The van der Waals surface area contributed by atoms with Gasteiger partial charge in [-0.2, -0.15) is 0 Å². The van der Waals surface area contributed by atoms with Gasteiger partial charge in [0.05, 0.1) is 19.6 Å². The van der Waals surface area contributed by atoms with E-state index in [4.69, 9.17) is 14.2 Å². The van der Waals surface area contributed by atoms with Crippen molar-refractivity contribution in [2.75, 3.05) is 59.6 Å². The molecule has 0 radical (unpaired) electrons. The van der Waals surface area contributed by atoms with Gasteiger partial charge >= 0.3 is 12.1 Å². The minimum Gasteiger partial charge on any atom is -0.491 e. The van der Waals surface area contributed by atoms with Gasteiger partial charge in [-0.15, -0.1) is 0 Å². The molecule has 1 atom stereocenters. The average Bonchev–Trinajstić information content (AvgIpc) is 3.20. The van der Waals surface area contributed by atoms with Crippen molar-refractivity contribution in [1.29, 1.82) is 0 Å². The van der Waals surface area contributed by atoms with E-state index in [9.17, 15) is 14.7 Å². The minimum absolute atomic E-state index is 0.0323. The van der Waals surface area contributed by atoms with Crippen LogP contribution in [0.3, 0.4) is 0 Å². The second-order valence-electron chi connectivity index (χ2n) is 7.99. The molecule has 31 heavy (non-hydrogen) atoms. The van der Waals surface area contributed by atoms with Gasteiger partial charge in [-0.1, -0.05) is 12.1 Å². The van der Waals surface area contributed by atoms with E-state index < -0.39 is 6.10 Å². The standard InChI is InChI=1S/C22H33N3O6/c1-29-21(27)18-5-8-24(9-6-18)15-19(26)16-31-20-4-2-3-17(13-20)14-23-7-10-25-11-12-30-22(25)28/h2-4,13,18-19,23,26H,5-12,14-16H2,1H3. The molecule has 1 unspecified atom stereocenters. The lowest BCUT2D eigenvalue weighted by Gasteiger charge is -2.31. The second-order valence-corrected chi connectivity index (χ2v) is 7.99. The predicted molar refractivity (Wildman–Crippen MR) is 114 cm³/mol. The first-order valence-electron chi connectivity index (χ1n) is 10.9. The first-order chi connectivity index (χ1) is 15.0. The number of piperidine rings is 1. The molecule has 3 rings (SSSR count). The summed E-state index contributed by atoms with van der Waals surface area (Å²) in [6.45, 7) is 5.37. The molecule has 1 aromatic rings. The number of benzene rings is 1. The summed E-state index contributed by atoms with van der Waals surface area (Å²) in [5, 5.41) is 13.7. The molecule has 2 fully saturated rings. The summed E-state index contributed by atoms with van der Waals surface area (Å²) >= 11 is 0. The number of ether oxygens (including phenoxy) is 3. The molecule has 9 heteroatoms. The van der Waals surface area contributed by atoms with Gasteiger partial charge in [0.1, 0.15) is 25.1 Å². The molecule has 0 aliphatic carbocycles. The van der Waals surface area contributed by atoms with Crippen LogP contribution < -0.4 is 10.1 Å². The third kappa shape index (κ3) is 7.37. The normalized spacial score (nSPS) is 18.6. The molecule has 2 N–H and O–H groups in total. The fourth-order valence-electron chi connectivity index (χ4n) is 3.88. The molecule has 0 bridgehead atoms. The number of hydrogen-bond acceptors (Lipinski definition) is 8. The highest BCUT2D eigenvalue weighted by Gasteiger charge is 2.26. The van der Waals surface area contributed by atoms with Crippen molar-refractivity contribution in [3.63, 3.8) is 0 Å². The summed E-state index contributed by atoms with van der Waals surface area (Å²) in [7, 11) is 1.42. The van der Waals surface area contributed by atoms with Crippen molar-refractivity contribution in [2.45, 2.75) is 25.5 Å². The topological polar surface area (TPSA) is 101 Å². The summed E-state index contributed by atoms with van der Waals surface area (Å²) in [4.78, 5) is 26.9. The lowest BCUT2D eigenvalue weighted by molar-refractivity contribution is -0.147. The quantitative estimate of drug-likeness (QED) is 0.390. The van der Waals surface area contributed by atoms with Crippen LogP contribution in [0.15, 0.2) is 24.3 Å². The fraction of sp³-hybridized carbons (Fsp3) is 0.636. The van der Waals surface area contributed by atoms with Crippen LogP contribution in [0.4, 0.5) is 4.79 Å². The molecular weight excluding hydrogens is 402 g/mol. The number of aliphatic hydroxyl groups excluding tert-OH is 1. The maximum atomic E-state index is 11.6. The molecule has 1 amide bonds. The predicted octanol–water partition coefficient (Wildman–Crippen LogP) is 0.853. The number of methoxy groups -OCH3 is 1. The van der Waals surface area contributed by atoms with Crippen molar-refractivity contribution in [2.24, 2.45) is 5.92 Å². The molecule has 2 aliphatic heterocycles. The SMILES string of the molecule is COC(=O)C1CCN(CC(O)COc2cccc(CNCCN3CCOC3=O)c2)CC1. The summed E-state index contributed by atoms with van der Waals surface area (Å²) in [6, 6.07) is 7.75. The second kappa shape index (κ2) is 11.9. The lowest BCUT2D eigenvalue weighted by atomic mass is 9.97. The van der Waals surface area contributed by atoms with Crippen molar-refractivity contribution in [3.8, 4) is 5.75 Å². The van der Waals surface area contributed by atoms with E-state index in [1.807, 2.05) is 24.3 Å². The molecule has 0 saturated carbocycles. The van der Waals surface area contributed by atoms with Crippen LogP contribution in [-0.2, 0) is 20.8 Å². The summed E-state index contributed by atoms with van der Waals surface area (Å²) in [5.41, 5.74) is 1.07. The van der Waals surface area contributed by atoms with Gasteiger partial charge in [-0.25, -0.2) is 4.79 Å². The van der Waals surface area contributed by atoms with E-state index in [1.165, 1.54) is 7.11 Å². The molecule has 2 aliphatic rings. The van der Waals surface area contributed by atoms with Crippen LogP contribution in [0.1, 0.15) is 18.4 Å². The summed E-state index contributed by atoms with van der Waals surface area (Å²) < 4.78 is 15.5. The summed E-state index contributed by atoms with van der Waals surface area (Å²) in [5.74, 6) is 0.539. The number of nitrogens with zero attached hydrogens (tertiary/aromatic N) is 2. The van der Waals surface area contributed by atoms with Crippen LogP contribution in [0, 0.1) is 5.92 Å². The minimum atomic E-state index is -0.600. The van der Waals surface area contributed by atoms with Gasteiger partial charge in [0.25, 0.3) is 0 Å². The fourth-order valence-corrected chi connectivity index (χ4v) is 3.88. The zero-order valence-corrected chi connectivity index (χ0v) is 18.1. The zero-order valence-electron chi connectivity index (χ0n) is 18.1. The molecular formula is C22H33N3O6. The Bertz CT molecular complexity index is 723. The van der Waals surface area contributed by atoms with Crippen LogP contribution in [0.5, 0.6) is 5.75 Å². The Morgan fingerprint density at radius 1 is 1.32 bits per heavy atom. The maximum absolute atomic E-state index is 11.6. The number of cyclic esters (lactones) is 1. The van der Waals surface area contributed by atoms with Crippen molar-refractivity contribution >= 4 is 12.1 Å². The first kappa shape index (κ1) is 23.3. The van der Waals surface area contributed by atoms with E-state index >= 15 is 0 Å². The molecule has 0 aromatic heterocycles. The molecule has 9 nitrogen and oxygen atoms in total. The van der Waals surface area contributed by atoms with Gasteiger partial charge in [0.2, 0.25) is 0 Å². The van der Waals surface area contributed by atoms with Gasteiger partial charge < -0.3 is 34.4 Å². The van der Waals surface area contributed by atoms with Crippen LogP contribution in [-0.4, -0.2) is 92.7 Å². The molecule has 2 saturated heterocycles. The number of likely N-dealkylation sites (tertiary alicyclic amines) is 1. The number of carbonyl (C=O) groups excluding carboxylic acids is 2. The van der Waals surface area contributed by atoms with Gasteiger partial charge in [0, 0.05) is 26.2 Å². The van der Waals surface area contributed by atoms with E-state index in [-0.39, 0.29) is 24.6 Å². The largest absolute Gasteiger partial charge is 0.491 e. The van der Waals surface area contributed by atoms with E-state index in [2.05, 4.69) is 10.2 Å². The zero-order chi connectivity index (χ0) is 22.1. The Morgan fingerprint density at radius 3 is 2.84 bits per heavy atom. The van der Waals surface area contributed by atoms with Crippen molar-refractivity contribution in [1.82, 2.24) is 15.1 Å². The Morgan fingerprint density at radius 2 is 2.13 bits per heavy atom. The van der Waals surface area contributed by atoms with Crippen LogP contribution >= 0.6 is 0 Å². The Labute approximate surface area is 183 Å². The van der Waals surface area contributed by atoms with Gasteiger partial charge in [0.15, 0.2) is 0 Å². The van der Waals surface area contributed by atoms with Crippen molar-refractivity contribution < 1.29 is 28.9 Å². The molecule has 0 spiro atoms. The highest BCUT2D eigenvalue weighted by Crippen LogP contribution is 2.19. The van der Waals surface area contributed by atoms with Gasteiger partial charge in [-0.3, -0.25) is 4.79 Å². The number of nitrogens with one attached hydrogen (secondary N) is 1. The number of carbonyl (C=O) groups is 2. The first-order valence-corrected chi connectivity index (χ1v) is 10.9. The number of β-amino-alcohol motifs (C(OH)–C–C–N with tert-alkyl or cyclic N) is 1. The van der Waals surface area contributed by atoms with E-state index in [0.717, 1.165) is 31.5 Å². The Kier molecular flexibility index (Phi) is 8.93. The van der Waals surface area contributed by atoms with E-state index in [1.54, 1.807) is 4.90 Å². The number of rotatable bonds is 11. The Balaban J connectivity index is 1.33. The van der Waals surface area contributed by atoms with Crippen LogP contribution in [0.2, 0.25) is 0 Å². The number of amides is 1. The lowest BCUT2D eigenvalue weighted by Crippen LogP contribution is -2.42. The molecule has 2 heterocycles. The monoisotopic (exact) mass is 435 g/mol. The number of aliphatic hydroxyl groups is 1. The number of esters is 1.